The average molecular weight is 306 g/mol. The van der Waals surface area contributed by atoms with Gasteiger partial charge in [0.2, 0.25) is 0 Å². The fraction of sp³-hybridized carbons (Fsp3) is 0.500. The van der Waals surface area contributed by atoms with E-state index in [1.807, 2.05) is 13.8 Å². The summed E-state index contributed by atoms with van der Waals surface area (Å²) in [5, 5.41) is 2.60. The van der Waals surface area contributed by atoms with Crippen molar-refractivity contribution in [1.82, 2.24) is 4.90 Å². The summed E-state index contributed by atoms with van der Waals surface area (Å²) in [6.45, 7) is 7.16. The number of morpholine rings is 1. The van der Waals surface area contributed by atoms with Crippen LogP contribution in [0.1, 0.15) is 31.1 Å². The summed E-state index contributed by atoms with van der Waals surface area (Å²) in [6.07, 6.45) is -0.424. The Morgan fingerprint density at radius 3 is 2.36 bits per heavy atom. The molecule has 1 saturated heterocycles. The molecule has 6 heteroatoms. The van der Waals surface area contributed by atoms with Gasteiger partial charge in [0.05, 0.1) is 18.8 Å². The van der Waals surface area contributed by atoms with E-state index in [-0.39, 0.29) is 18.1 Å². The van der Waals surface area contributed by atoms with Gasteiger partial charge < -0.3 is 14.4 Å². The molecule has 2 rings (SSSR count). The van der Waals surface area contributed by atoms with Gasteiger partial charge in [0.15, 0.2) is 0 Å². The van der Waals surface area contributed by atoms with Crippen LogP contribution in [-0.4, -0.2) is 48.8 Å². The molecule has 1 heterocycles. The molecule has 1 aromatic rings. The lowest BCUT2D eigenvalue weighted by Gasteiger charge is -2.35. The van der Waals surface area contributed by atoms with Crippen molar-refractivity contribution in [2.24, 2.45) is 0 Å². The molecule has 0 aromatic heterocycles. The molecule has 1 aliphatic heterocycles. The lowest BCUT2D eigenvalue weighted by molar-refractivity contribution is -0.0586. The molecule has 120 valence electrons. The second-order valence-electron chi connectivity index (χ2n) is 5.39. The Labute approximate surface area is 130 Å². The highest BCUT2D eigenvalue weighted by atomic mass is 16.5. The van der Waals surface area contributed by atoms with Gasteiger partial charge in [0.1, 0.15) is 0 Å². The van der Waals surface area contributed by atoms with Crippen LogP contribution in [0.4, 0.5) is 10.5 Å². The van der Waals surface area contributed by atoms with Crippen molar-refractivity contribution in [2.75, 3.05) is 25.0 Å². The molecule has 0 aliphatic carbocycles. The first-order chi connectivity index (χ1) is 10.5. The first-order valence-corrected chi connectivity index (χ1v) is 7.48. The van der Waals surface area contributed by atoms with Gasteiger partial charge in [-0.1, -0.05) is 0 Å². The number of nitrogens with one attached hydrogen (secondary N) is 1. The number of ether oxygens (including phenoxy) is 2. The number of carbonyl (C=O) groups excluding carboxylic acids is 2. The SMILES string of the molecule is CCOC(=O)Nc1ccc(C(=O)N2C[C@@H](C)O[C@H](C)C2)cc1. The molecular formula is C16H22N2O4. The van der Waals surface area contributed by atoms with Crippen LogP contribution in [0.5, 0.6) is 0 Å². The topological polar surface area (TPSA) is 67.9 Å². The maximum atomic E-state index is 12.5. The lowest BCUT2D eigenvalue weighted by atomic mass is 10.1. The van der Waals surface area contributed by atoms with Crippen LogP contribution >= 0.6 is 0 Å². The predicted octanol–water partition coefficient (Wildman–Crippen LogP) is 2.50. The third-order valence-corrected chi connectivity index (χ3v) is 3.36. The largest absolute Gasteiger partial charge is 0.450 e. The molecule has 0 spiro atoms. The Balaban J connectivity index is 2.00. The first-order valence-electron chi connectivity index (χ1n) is 7.48. The van der Waals surface area contributed by atoms with E-state index in [9.17, 15) is 9.59 Å². The standard InChI is InChI=1S/C16H22N2O4/c1-4-21-16(20)17-14-7-5-13(6-8-14)15(19)18-9-11(2)22-12(3)10-18/h5-8,11-12H,4,9-10H2,1-3H3,(H,17,20)/t11-,12-/m1/s1. The Morgan fingerprint density at radius 2 is 1.82 bits per heavy atom. The van der Waals surface area contributed by atoms with Gasteiger partial charge in [-0.15, -0.1) is 0 Å². The van der Waals surface area contributed by atoms with Gasteiger partial charge in [0, 0.05) is 24.3 Å². The van der Waals surface area contributed by atoms with Crippen LogP contribution in [0, 0.1) is 0 Å². The zero-order valence-corrected chi connectivity index (χ0v) is 13.2. The third-order valence-electron chi connectivity index (χ3n) is 3.36. The molecule has 1 fully saturated rings. The number of carbonyl (C=O) groups is 2. The fourth-order valence-electron chi connectivity index (χ4n) is 2.51. The molecule has 22 heavy (non-hydrogen) atoms. The van der Waals surface area contributed by atoms with E-state index >= 15 is 0 Å². The van der Waals surface area contributed by atoms with Gasteiger partial charge in [-0.2, -0.15) is 0 Å². The molecule has 0 saturated carbocycles. The fourth-order valence-corrected chi connectivity index (χ4v) is 2.51. The summed E-state index contributed by atoms with van der Waals surface area (Å²) in [5.74, 6) is -0.0234. The highest BCUT2D eigenvalue weighted by Crippen LogP contribution is 2.16. The van der Waals surface area contributed by atoms with Crippen molar-refractivity contribution < 1.29 is 19.1 Å². The van der Waals surface area contributed by atoms with Gasteiger partial charge >= 0.3 is 6.09 Å². The van der Waals surface area contributed by atoms with E-state index in [1.165, 1.54) is 0 Å². The predicted molar refractivity (Wildman–Crippen MR) is 83.0 cm³/mol. The molecule has 1 N–H and O–H groups in total. The second-order valence-corrected chi connectivity index (χ2v) is 5.39. The maximum absolute atomic E-state index is 12.5. The molecule has 2 atom stereocenters. The van der Waals surface area contributed by atoms with Gasteiger partial charge in [-0.25, -0.2) is 4.79 Å². The quantitative estimate of drug-likeness (QED) is 0.931. The van der Waals surface area contributed by atoms with Crippen LogP contribution in [0.25, 0.3) is 0 Å². The van der Waals surface area contributed by atoms with Crippen molar-refractivity contribution in [1.29, 1.82) is 0 Å². The average Bonchev–Trinajstić information content (AvgIpc) is 2.46. The van der Waals surface area contributed by atoms with Crippen molar-refractivity contribution >= 4 is 17.7 Å². The van der Waals surface area contributed by atoms with E-state index in [0.717, 1.165) is 0 Å². The van der Waals surface area contributed by atoms with Crippen LogP contribution in [0.2, 0.25) is 0 Å². The highest BCUT2D eigenvalue weighted by molar-refractivity contribution is 5.95. The molecule has 1 aromatic carbocycles. The van der Waals surface area contributed by atoms with Gasteiger partial charge in [-0.3, -0.25) is 10.1 Å². The van der Waals surface area contributed by atoms with Crippen molar-refractivity contribution in [3.05, 3.63) is 29.8 Å². The molecule has 1 aliphatic rings. The summed E-state index contributed by atoms with van der Waals surface area (Å²) in [7, 11) is 0. The number of amides is 2. The van der Waals surface area contributed by atoms with E-state index in [2.05, 4.69) is 5.32 Å². The Bertz CT molecular complexity index is 519. The van der Waals surface area contributed by atoms with E-state index in [1.54, 1.807) is 36.1 Å². The van der Waals surface area contributed by atoms with Crippen LogP contribution in [-0.2, 0) is 9.47 Å². The van der Waals surface area contributed by atoms with Crippen molar-refractivity contribution in [3.63, 3.8) is 0 Å². The van der Waals surface area contributed by atoms with Crippen LogP contribution in [0.3, 0.4) is 0 Å². The second kappa shape index (κ2) is 7.26. The van der Waals surface area contributed by atoms with E-state index in [0.29, 0.717) is 30.9 Å². The third kappa shape index (κ3) is 4.21. The number of nitrogens with zero attached hydrogens (tertiary/aromatic N) is 1. The molecule has 6 nitrogen and oxygen atoms in total. The zero-order valence-electron chi connectivity index (χ0n) is 13.2. The minimum absolute atomic E-state index is 0.0234. The van der Waals surface area contributed by atoms with E-state index in [4.69, 9.17) is 9.47 Å². The van der Waals surface area contributed by atoms with Crippen molar-refractivity contribution in [3.8, 4) is 0 Å². The number of hydrogen-bond acceptors (Lipinski definition) is 4. The normalized spacial score (nSPS) is 21.3. The molecular weight excluding hydrogens is 284 g/mol. The number of hydrogen-bond donors (Lipinski definition) is 1. The van der Waals surface area contributed by atoms with Gasteiger partial charge in [0.25, 0.3) is 5.91 Å². The highest BCUT2D eigenvalue weighted by Gasteiger charge is 2.26. The number of anilines is 1. The minimum Gasteiger partial charge on any atom is -0.450 e. The number of rotatable bonds is 3. The first kappa shape index (κ1) is 16.3. The van der Waals surface area contributed by atoms with E-state index < -0.39 is 6.09 Å². The zero-order chi connectivity index (χ0) is 16.1. The Morgan fingerprint density at radius 1 is 1.23 bits per heavy atom. The number of benzene rings is 1. The Kier molecular flexibility index (Phi) is 5.38. The van der Waals surface area contributed by atoms with Crippen molar-refractivity contribution in [2.45, 2.75) is 33.0 Å². The Hall–Kier alpha value is -2.08. The summed E-state index contributed by atoms with van der Waals surface area (Å²) in [5.41, 5.74) is 1.19. The summed E-state index contributed by atoms with van der Waals surface area (Å²) >= 11 is 0. The van der Waals surface area contributed by atoms with Crippen LogP contribution < -0.4 is 5.32 Å². The molecule has 0 bridgehead atoms. The van der Waals surface area contributed by atoms with Gasteiger partial charge in [-0.05, 0) is 45.0 Å². The summed E-state index contributed by atoms with van der Waals surface area (Å²) < 4.78 is 10.4. The summed E-state index contributed by atoms with van der Waals surface area (Å²) in [6, 6.07) is 6.79. The molecule has 2 amide bonds. The molecule has 0 unspecified atom stereocenters. The monoisotopic (exact) mass is 306 g/mol. The summed E-state index contributed by atoms with van der Waals surface area (Å²) in [4.78, 5) is 25.6. The molecule has 0 radical (unpaired) electrons. The smallest absolute Gasteiger partial charge is 0.411 e. The maximum Gasteiger partial charge on any atom is 0.411 e. The lowest BCUT2D eigenvalue weighted by Crippen LogP contribution is -2.48. The van der Waals surface area contributed by atoms with Crippen LogP contribution in [0.15, 0.2) is 24.3 Å². The minimum atomic E-state index is -0.502.